The van der Waals surface area contributed by atoms with Gasteiger partial charge in [0.05, 0.1) is 17.2 Å². The van der Waals surface area contributed by atoms with Crippen molar-refractivity contribution in [2.45, 2.75) is 33.3 Å². The molecule has 0 bridgehead atoms. The third-order valence-corrected chi connectivity index (χ3v) is 4.07. The molecular weight excluding hydrogens is 246 g/mol. The second kappa shape index (κ2) is 7.71. The van der Waals surface area contributed by atoms with E-state index >= 15 is 0 Å². The van der Waals surface area contributed by atoms with E-state index in [1.54, 1.807) is 11.3 Å². The maximum atomic E-state index is 9.31. The summed E-state index contributed by atoms with van der Waals surface area (Å²) in [6, 6.07) is 0. The van der Waals surface area contributed by atoms with Gasteiger partial charge in [-0.3, -0.25) is 0 Å². The first-order chi connectivity index (χ1) is 8.62. The van der Waals surface area contributed by atoms with Gasteiger partial charge in [0.25, 0.3) is 0 Å². The molecule has 1 heterocycles. The van der Waals surface area contributed by atoms with E-state index in [9.17, 15) is 5.11 Å². The van der Waals surface area contributed by atoms with Gasteiger partial charge in [0.15, 0.2) is 5.13 Å². The molecule has 0 spiro atoms. The summed E-state index contributed by atoms with van der Waals surface area (Å²) in [6.45, 7) is 7.43. The van der Waals surface area contributed by atoms with Crippen LogP contribution in [-0.4, -0.2) is 48.7 Å². The molecule has 0 aliphatic carbocycles. The van der Waals surface area contributed by atoms with Crippen molar-refractivity contribution in [1.82, 2.24) is 9.88 Å². The summed E-state index contributed by atoms with van der Waals surface area (Å²) in [5.74, 6) is 0. The summed E-state index contributed by atoms with van der Waals surface area (Å²) in [4.78, 5) is 10.2. The number of hydrogen-bond donors (Lipinski definition) is 1. The molecule has 18 heavy (non-hydrogen) atoms. The molecule has 5 heteroatoms. The van der Waals surface area contributed by atoms with Crippen LogP contribution in [0.4, 0.5) is 5.13 Å². The molecule has 0 aliphatic rings. The minimum Gasteiger partial charge on any atom is -0.391 e. The highest BCUT2D eigenvalue weighted by Crippen LogP contribution is 2.26. The Morgan fingerprint density at radius 3 is 2.39 bits per heavy atom. The minimum absolute atomic E-state index is 0.107. The van der Waals surface area contributed by atoms with Crippen LogP contribution in [0.1, 0.15) is 30.8 Å². The van der Waals surface area contributed by atoms with Gasteiger partial charge in [-0.15, -0.1) is 0 Å². The first-order valence-electron chi connectivity index (χ1n) is 6.61. The number of aliphatic hydroxyl groups excluding tert-OH is 1. The molecule has 0 atom stereocenters. The second-order valence-electron chi connectivity index (χ2n) is 4.61. The van der Waals surface area contributed by atoms with Crippen molar-refractivity contribution >= 4 is 16.5 Å². The molecule has 1 aromatic heterocycles. The number of thiazole rings is 1. The van der Waals surface area contributed by atoms with E-state index in [0.29, 0.717) is 0 Å². The van der Waals surface area contributed by atoms with Crippen molar-refractivity contribution in [3.05, 3.63) is 10.6 Å². The Kier molecular flexibility index (Phi) is 6.60. The van der Waals surface area contributed by atoms with Crippen molar-refractivity contribution in [1.29, 1.82) is 0 Å². The Balaban J connectivity index is 2.66. The van der Waals surface area contributed by atoms with Crippen LogP contribution in [0.5, 0.6) is 0 Å². The lowest BCUT2D eigenvalue weighted by molar-refractivity contribution is 0.284. The van der Waals surface area contributed by atoms with E-state index in [2.05, 4.69) is 42.7 Å². The predicted octanol–water partition coefficient (Wildman–Crippen LogP) is 1.98. The Labute approximate surface area is 114 Å². The van der Waals surface area contributed by atoms with Crippen LogP contribution in [0.3, 0.4) is 0 Å². The summed E-state index contributed by atoms with van der Waals surface area (Å²) in [6.07, 6.45) is 2.03. The molecule has 0 fully saturated rings. The summed E-state index contributed by atoms with van der Waals surface area (Å²) < 4.78 is 0. The number of aryl methyl sites for hydroxylation is 1. The maximum Gasteiger partial charge on any atom is 0.185 e. The largest absolute Gasteiger partial charge is 0.391 e. The molecule has 0 saturated carbocycles. The van der Waals surface area contributed by atoms with E-state index in [4.69, 9.17) is 0 Å². The fraction of sp³-hybridized carbons (Fsp3) is 0.769. The van der Waals surface area contributed by atoms with Gasteiger partial charge < -0.3 is 14.9 Å². The molecule has 0 unspecified atom stereocenters. The Morgan fingerprint density at radius 2 is 1.94 bits per heavy atom. The van der Waals surface area contributed by atoms with E-state index in [1.165, 1.54) is 0 Å². The SMILES string of the molecule is CCc1nc(N(CC)CCCN(C)C)sc1CO. The van der Waals surface area contributed by atoms with Crippen molar-refractivity contribution in [2.75, 3.05) is 38.6 Å². The van der Waals surface area contributed by atoms with Gasteiger partial charge in [-0.2, -0.15) is 0 Å². The zero-order valence-electron chi connectivity index (χ0n) is 11.9. The van der Waals surface area contributed by atoms with E-state index in [1.807, 2.05) is 0 Å². The Morgan fingerprint density at radius 1 is 1.22 bits per heavy atom. The molecule has 0 radical (unpaired) electrons. The molecule has 1 N–H and O–H groups in total. The fourth-order valence-corrected chi connectivity index (χ4v) is 2.97. The second-order valence-corrected chi connectivity index (χ2v) is 5.68. The smallest absolute Gasteiger partial charge is 0.185 e. The quantitative estimate of drug-likeness (QED) is 0.785. The third kappa shape index (κ3) is 4.23. The van der Waals surface area contributed by atoms with Gasteiger partial charge in [-0.25, -0.2) is 4.98 Å². The molecule has 0 aromatic carbocycles. The molecule has 0 amide bonds. The fourth-order valence-electron chi connectivity index (χ4n) is 1.87. The first kappa shape index (κ1) is 15.4. The normalized spacial score (nSPS) is 11.2. The number of aromatic nitrogens is 1. The molecule has 104 valence electrons. The van der Waals surface area contributed by atoms with E-state index in [-0.39, 0.29) is 6.61 Å². The maximum absolute atomic E-state index is 9.31. The molecule has 1 rings (SSSR count). The van der Waals surface area contributed by atoms with Gasteiger partial charge in [0, 0.05) is 13.1 Å². The monoisotopic (exact) mass is 271 g/mol. The van der Waals surface area contributed by atoms with Gasteiger partial charge in [0.1, 0.15) is 0 Å². The van der Waals surface area contributed by atoms with Gasteiger partial charge in [-0.05, 0) is 40.4 Å². The topological polar surface area (TPSA) is 39.6 Å². The van der Waals surface area contributed by atoms with Gasteiger partial charge in [0.2, 0.25) is 0 Å². The standard InChI is InChI=1S/C13H25N3OS/c1-5-11-12(10-17)18-13(14-11)16(6-2)9-7-8-15(3)4/h17H,5-10H2,1-4H3. The van der Waals surface area contributed by atoms with Crippen LogP contribution < -0.4 is 4.90 Å². The lowest BCUT2D eigenvalue weighted by Crippen LogP contribution is -2.26. The van der Waals surface area contributed by atoms with Crippen LogP contribution in [-0.2, 0) is 13.0 Å². The summed E-state index contributed by atoms with van der Waals surface area (Å²) in [5, 5.41) is 10.4. The molecule has 0 saturated heterocycles. The highest BCUT2D eigenvalue weighted by molar-refractivity contribution is 7.15. The van der Waals surface area contributed by atoms with Crippen LogP contribution in [0.15, 0.2) is 0 Å². The Hall–Kier alpha value is -0.650. The van der Waals surface area contributed by atoms with Crippen molar-refractivity contribution in [2.24, 2.45) is 0 Å². The predicted molar refractivity (Wildman–Crippen MR) is 78.5 cm³/mol. The van der Waals surface area contributed by atoms with Crippen LogP contribution in [0, 0.1) is 0 Å². The zero-order valence-corrected chi connectivity index (χ0v) is 12.8. The first-order valence-corrected chi connectivity index (χ1v) is 7.43. The van der Waals surface area contributed by atoms with Crippen LogP contribution >= 0.6 is 11.3 Å². The average molecular weight is 271 g/mol. The number of hydrogen-bond acceptors (Lipinski definition) is 5. The van der Waals surface area contributed by atoms with Crippen molar-refractivity contribution in [3.8, 4) is 0 Å². The minimum atomic E-state index is 0.107. The van der Waals surface area contributed by atoms with Crippen LogP contribution in [0.25, 0.3) is 0 Å². The molecule has 4 nitrogen and oxygen atoms in total. The average Bonchev–Trinajstić information content (AvgIpc) is 2.77. The van der Waals surface area contributed by atoms with Crippen LogP contribution in [0.2, 0.25) is 0 Å². The molecule has 1 aromatic rings. The molecule has 0 aliphatic heterocycles. The number of aliphatic hydroxyl groups is 1. The Bertz CT molecular complexity index is 331. The summed E-state index contributed by atoms with van der Waals surface area (Å²) in [5.41, 5.74) is 1.04. The zero-order chi connectivity index (χ0) is 13.5. The summed E-state index contributed by atoms with van der Waals surface area (Å²) >= 11 is 1.63. The van der Waals surface area contributed by atoms with Crippen molar-refractivity contribution < 1.29 is 5.11 Å². The van der Waals surface area contributed by atoms with Gasteiger partial charge in [-0.1, -0.05) is 18.3 Å². The number of nitrogens with zero attached hydrogens (tertiary/aromatic N) is 3. The molecular formula is C13H25N3OS. The highest BCUT2D eigenvalue weighted by atomic mass is 32.1. The van der Waals surface area contributed by atoms with E-state index < -0.39 is 0 Å². The van der Waals surface area contributed by atoms with Gasteiger partial charge >= 0.3 is 0 Å². The van der Waals surface area contributed by atoms with E-state index in [0.717, 1.165) is 48.2 Å². The highest BCUT2D eigenvalue weighted by Gasteiger charge is 2.13. The lowest BCUT2D eigenvalue weighted by atomic mass is 10.3. The number of anilines is 1. The lowest BCUT2D eigenvalue weighted by Gasteiger charge is -2.20. The number of rotatable bonds is 8. The third-order valence-electron chi connectivity index (χ3n) is 2.93. The van der Waals surface area contributed by atoms with Crippen molar-refractivity contribution in [3.63, 3.8) is 0 Å². The summed E-state index contributed by atoms with van der Waals surface area (Å²) in [7, 11) is 4.19.